The third-order valence-corrected chi connectivity index (χ3v) is 9.88. The molecule has 0 spiro atoms. The van der Waals surface area contributed by atoms with Gasteiger partial charge in [0.05, 0.1) is 17.7 Å². The van der Waals surface area contributed by atoms with Crippen molar-refractivity contribution in [3.8, 4) is 5.75 Å². The molecule has 1 atom stereocenters. The standard InChI is InChI=1S/C33H40ClN3O5S/c1-4-30(33(39)35-27-13-7-5-8-14-27)36(22-25-12-11-15-28(20-25)42-3)32(38)23-37(31-21-26(34)19-18-24(31)2)43(40,41)29-16-9-6-10-17-29/h6,9-12,15-21,27,30H,4-5,7-8,13-14,22-23H2,1-3H3,(H,35,39). The summed E-state index contributed by atoms with van der Waals surface area (Å²) in [7, 11) is -2.61. The van der Waals surface area contributed by atoms with Crippen LogP contribution in [0.4, 0.5) is 5.69 Å². The maximum atomic E-state index is 14.3. The monoisotopic (exact) mass is 625 g/mol. The number of ether oxygens (including phenoxy) is 1. The predicted molar refractivity (Wildman–Crippen MR) is 170 cm³/mol. The molecule has 3 aromatic rings. The third kappa shape index (κ3) is 8.09. The van der Waals surface area contributed by atoms with Gasteiger partial charge in [-0.15, -0.1) is 0 Å². The predicted octanol–water partition coefficient (Wildman–Crippen LogP) is 6.11. The lowest BCUT2D eigenvalue weighted by Crippen LogP contribution is -2.54. The lowest BCUT2D eigenvalue weighted by molar-refractivity contribution is -0.140. The van der Waals surface area contributed by atoms with Gasteiger partial charge in [-0.3, -0.25) is 13.9 Å². The molecule has 1 aliphatic carbocycles. The Hall–Kier alpha value is -3.56. The molecule has 1 N–H and O–H groups in total. The van der Waals surface area contributed by atoms with Gasteiger partial charge in [0.2, 0.25) is 11.8 Å². The first-order valence-corrected chi connectivity index (χ1v) is 16.5. The fourth-order valence-corrected chi connectivity index (χ4v) is 7.17. The lowest BCUT2D eigenvalue weighted by atomic mass is 9.95. The summed E-state index contributed by atoms with van der Waals surface area (Å²) in [5.74, 6) is -0.123. The van der Waals surface area contributed by atoms with E-state index in [2.05, 4.69) is 5.32 Å². The van der Waals surface area contributed by atoms with E-state index in [9.17, 15) is 18.0 Å². The van der Waals surface area contributed by atoms with Crippen LogP contribution in [0.3, 0.4) is 0 Å². The van der Waals surface area contributed by atoms with E-state index < -0.39 is 28.5 Å². The van der Waals surface area contributed by atoms with Gasteiger partial charge in [0, 0.05) is 17.6 Å². The van der Waals surface area contributed by atoms with Crippen LogP contribution in [0.15, 0.2) is 77.7 Å². The number of benzene rings is 3. The zero-order chi connectivity index (χ0) is 31.0. The summed E-state index contributed by atoms with van der Waals surface area (Å²) in [5.41, 5.74) is 1.69. The maximum absolute atomic E-state index is 14.3. The number of nitrogens with one attached hydrogen (secondary N) is 1. The third-order valence-electron chi connectivity index (χ3n) is 7.87. The Morgan fingerprint density at radius 2 is 1.72 bits per heavy atom. The number of carbonyl (C=O) groups excluding carboxylic acids is 2. The van der Waals surface area contributed by atoms with Crippen LogP contribution < -0.4 is 14.4 Å². The van der Waals surface area contributed by atoms with Crippen molar-refractivity contribution in [3.05, 3.63) is 88.9 Å². The summed E-state index contributed by atoms with van der Waals surface area (Å²) in [6.45, 7) is 3.21. The molecule has 4 rings (SSSR count). The second kappa shape index (κ2) is 14.8. The van der Waals surface area contributed by atoms with Gasteiger partial charge < -0.3 is 15.0 Å². The molecule has 1 fully saturated rings. The minimum Gasteiger partial charge on any atom is -0.497 e. The molecule has 1 aliphatic rings. The van der Waals surface area contributed by atoms with Gasteiger partial charge in [0.1, 0.15) is 18.3 Å². The van der Waals surface area contributed by atoms with Crippen LogP contribution in [0, 0.1) is 6.92 Å². The Bertz CT molecular complexity index is 1510. The van der Waals surface area contributed by atoms with Gasteiger partial charge in [-0.2, -0.15) is 0 Å². The van der Waals surface area contributed by atoms with E-state index in [0.29, 0.717) is 28.4 Å². The van der Waals surface area contributed by atoms with E-state index in [0.717, 1.165) is 42.0 Å². The van der Waals surface area contributed by atoms with Gasteiger partial charge in [-0.25, -0.2) is 8.42 Å². The topological polar surface area (TPSA) is 96.0 Å². The highest BCUT2D eigenvalue weighted by Crippen LogP contribution is 2.30. The Morgan fingerprint density at radius 1 is 1.00 bits per heavy atom. The first-order valence-electron chi connectivity index (χ1n) is 14.7. The normalized spacial score (nSPS) is 14.5. The molecule has 10 heteroatoms. The summed E-state index contributed by atoms with van der Waals surface area (Å²) < 4.78 is 34.6. The molecule has 0 aliphatic heterocycles. The lowest BCUT2D eigenvalue weighted by Gasteiger charge is -2.34. The smallest absolute Gasteiger partial charge is 0.264 e. The van der Waals surface area contributed by atoms with Crippen LogP contribution in [0.25, 0.3) is 0 Å². The Labute approximate surface area is 260 Å². The Balaban J connectivity index is 1.74. The summed E-state index contributed by atoms with van der Waals surface area (Å²) in [4.78, 5) is 29.6. The Morgan fingerprint density at radius 3 is 2.40 bits per heavy atom. The molecule has 230 valence electrons. The minimum absolute atomic E-state index is 0.0450. The molecule has 2 amide bonds. The van der Waals surface area contributed by atoms with Crippen LogP contribution in [0.2, 0.25) is 5.02 Å². The number of sulfonamides is 1. The van der Waals surface area contributed by atoms with E-state index in [1.165, 1.54) is 17.0 Å². The molecule has 1 unspecified atom stereocenters. The Kier molecular flexibility index (Phi) is 11.1. The second-order valence-corrected chi connectivity index (χ2v) is 13.2. The number of hydrogen-bond donors (Lipinski definition) is 1. The first kappa shape index (κ1) is 32.4. The number of amides is 2. The average molecular weight is 626 g/mol. The minimum atomic E-state index is -4.17. The fraction of sp³-hybridized carbons (Fsp3) is 0.394. The highest BCUT2D eigenvalue weighted by atomic mass is 35.5. The van der Waals surface area contributed by atoms with E-state index in [1.807, 2.05) is 25.1 Å². The summed E-state index contributed by atoms with van der Waals surface area (Å²) in [6.07, 6.45) is 5.43. The van der Waals surface area contributed by atoms with Crippen LogP contribution in [0.1, 0.15) is 56.6 Å². The van der Waals surface area contributed by atoms with Gasteiger partial charge in [-0.05, 0) is 73.7 Å². The molecule has 0 bridgehead atoms. The highest BCUT2D eigenvalue weighted by molar-refractivity contribution is 7.92. The molecule has 0 radical (unpaired) electrons. The summed E-state index contributed by atoms with van der Waals surface area (Å²) in [5, 5.41) is 3.51. The molecule has 43 heavy (non-hydrogen) atoms. The number of carbonyl (C=O) groups is 2. The van der Waals surface area contributed by atoms with Crippen molar-refractivity contribution in [3.63, 3.8) is 0 Å². The molecule has 0 heterocycles. The van der Waals surface area contributed by atoms with Gasteiger partial charge in [-0.1, -0.05) is 74.2 Å². The number of halogens is 1. The van der Waals surface area contributed by atoms with Crippen molar-refractivity contribution in [2.24, 2.45) is 0 Å². The molecule has 0 saturated heterocycles. The number of methoxy groups -OCH3 is 1. The number of aryl methyl sites for hydroxylation is 1. The maximum Gasteiger partial charge on any atom is 0.264 e. The zero-order valence-electron chi connectivity index (χ0n) is 25.0. The second-order valence-electron chi connectivity index (χ2n) is 10.9. The average Bonchev–Trinajstić information content (AvgIpc) is 3.02. The number of hydrogen-bond acceptors (Lipinski definition) is 5. The number of anilines is 1. The highest BCUT2D eigenvalue weighted by Gasteiger charge is 2.35. The van der Waals surface area contributed by atoms with E-state index in [-0.39, 0.29) is 23.4 Å². The van der Waals surface area contributed by atoms with E-state index >= 15 is 0 Å². The van der Waals surface area contributed by atoms with Crippen molar-refractivity contribution in [1.29, 1.82) is 0 Å². The molecule has 3 aromatic carbocycles. The van der Waals surface area contributed by atoms with Crippen molar-refractivity contribution in [1.82, 2.24) is 10.2 Å². The summed E-state index contributed by atoms with van der Waals surface area (Å²) in [6, 6.07) is 19.5. The molecule has 0 aromatic heterocycles. The fourth-order valence-electron chi connectivity index (χ4n) is 5.52. The molecule has 1 saturated carbocycles. The van der Waals surface area contributed by atoms with Crippen LogP contribution in [-0.2, 0) is 26.2 Å². The van der Waals surface area contributed by atoms with Gasteiger partial charge >= 0.3 is 0 Å². The first-order chi connectivity index (χ1) is 20.6. The van der Waals surface area contributed by atoms with Crippen molar-refractivity contribution in [2.75, 3.05) is 18.0 Å². The van der Waals surface area contributed by atoms with Crippen LogP contribution in [-0.4, -0.2) is 50.9 Å². The number of rotatable bonds is 12. The zero-order valence-corrected chi connectivity index (χ0v) is 26.5. The molecule has 8 nitrogen and oxygen atoms in total. The van der Waals surface area contributed by atoms with E-state index in [1.54, 1.807) is 56.5 Å². The van der Waals surface area contributed by atoms with E-state index in [4.69, 9.17) is 16.3 Å². The number of nitrogens with zero attached hydrogens (tertiary/aromatic N) is 2. The quantitative estimate of drug-likeness (QED) is 0.262. The van der Waals surface area contributed by atoms with Crippen molar-refractivity contribution in [2.45, 2.75) is 75.9 Å². The summed E-state index contributed by atoms with van der Waals surface area (Å²) >= 11 is 6.32. The SMILES string of the molecule is CCC(C(=O)NC1CCCCC1)N(Cc1cccc(OC)c1)C(=O)CN(c1cc(Cl)ccc1C)S(=O)(=O)c1ccccc1. The van der Waals surface area contributed by atoms with Gasteiger partial charge in [0.15, 0.2) is 0 Å². The van der Waals surface area contributed by atoms with Crippen molar-refractivity contribution >= 4 is 39.1 Å². The molecular weight excluding hydrogens is 586 g/mol. The molecular formula is C33H40ClN3O5S. The van der Waals surface area contributed by atoms with Crippen LogP contribution in [0.5, 0.6) is 5.75 Å². The van der Waals surface area contributed by atoms with Crippen molar-refractivity contribution < 1.29 is 22.7 Å². The largest absolute Gasteiger partial charge is 0.497 e. The van der Waals surface area contributed by atoms with Crippen LogP contribution >= 0.6 is 11.6 Å². The van der Waals surface area contributed by atoms with Gasteiger partial charge in [0.25, 0.3) is 10.0 Å².